The summed E-state index contributed by atoms with van der Waals surface area (Å²) in [6.07, 6.45) is 5.41. The van der Waals surface area contributed by atoms with Crippen LogP contribution in [0.15, 0.2) is 48.4 Å². The molecule has 0 aliphatic carbocycles. The highest BCUT2D eigenvalue weighted by Gasteiger charge is 2.09. The summed E-state index contributed by atoms with van der Waals surface area (Å²) in [5.74, 6) is 0.482. The number of fused-ring (bicyclic) bond motifs is 2. The SMILES string of the molecule is O=C(NCc1cn2cccnc2n1)c1ccc2scnc2c1. The van der Waals surface area contributed by atoms with E-state index in [0.29, 0.717) is 17.9 Å². The molecule has 7 heteroatoms. The van der Waals surface area contributed by atoms with Crippen LogP contribution in [0.25, 0.3) is 16.0 Å². The number of hydrogen-bond donors (Lipinski definition) is 1. The molecule has 0 saturated carbocycles. The molecule has 1 amide bonds. The van der Waals surface area contributed by atoms with Crippen molar-refractivity contribution in [2.75, 3.05) is 0 Å². The molecule has 1 N–H and O–H groups in total. The zero-order valence-electron chi connectivity index (χ0n) is 11.4. The Morgan fingerprint density at radius 2 is 2.27 bits per heavy atom. The summed E-state index contributed by atoms with van der Waals surface area (Å²) in [5, 5.41) is 2.87. The summed E-state index contributed by atoms with van der Waals surface area (Å²) < 4.78 is 2.89. The summed E-state index contributed by atoms with van der Waals surface area (Å²) in [5.41, 5.74) is 3.98. The number of thiazole rings is 1. The van der Waals surface area contributed by atoms with Crippen LogP contribution in [0.3, 0.4) is 0 Å². The maximum atomic E-state index is 12.2. The number of nitrogens with zero attached hydrogens (tertiary/aromatic N) is 4. The van der Waals surface area contributed by atoms with Crippen molar-refractivity contribution in [3.8, 4) is 0 Å². The van der Waals surface area contributed by atoms with Crippen LogP contribution in [0.4, 0.5) is 0 Å². The molecule has 0 aliphatic rings. The van der Waals surface area contributed by atoms with Gasteiger partial charge in [-0.3, -0.25) is 9.20 Å². The van der Waals surface area contributed by atoms with Crippen LogP contribution in [-0.2, 0) is 6.54 Å². The highest BCUT2D eigenvalue weighted by Crippen LogP contribution is 2.18. The van der Waals surface area contributed by atoms with Gasteiger partial charge < -0.3 is 5.32 Å². The number of hydrogen-bond acceptors (Lipinski definition) is 5. The number of carbonyl (C=O) groups excluding carboxylic acids is 1. The predicted molar refractivity (Wildman–Crippen MR) is 83.8 cm³/mol. The van der Waals surface area contributed by atoms with Crippen LogP contribution in [0, 0.1) is 0 Å². The van der Waals surface area contributed by atoms with Gasteiger partial charge in [0.1, 0.15) is 0 Å². The Kier molecular flexibility index (Phi) is 3.05. The third-order valence-corrected chi connectivity index (χ3v) is 4.12. The second-order valence-electron chi connectivity index (χ2n) is 4.78. The number of nitrogens with one attached hydrogen (secondary N) is 1. The number of rotatable bonds is 3. The zero-order chi connectivity index (χ0) is 14.9. The first-order valence-corrected chi connectivity index (χ1v) is 7.57. The molecule has 6 nitrogen and oxygen atoms in total. The monoisotopic (exact) mass is 309 g/mol. The smallest absolute Gasteiger partial charge is 0.251 e. The largest absolute Gasteiger partial charge is 0.346 e. The normalized spacial score (nSPS) is 11.1. The van der Waals surface area contributed by atoms with E-state index in [1.54, 1.807) is 35.2 Å². The lowest BCUT2D eigenvalue weighted by atomic mass is 10.2. The Morgan fingerprint density at radius 3 is 3.18 bits per heavy atom. The molecule has 4 aromatic rings. The first kappa shape index (κ1) is 12.9. The van der Waals surface area contributed by atoms with E-state index < -0.39 is 0 Å². The first-order valence-electron chi connectivity index (χ1n) is 6.70. The molecule has 0 unspecified atom stereocenters. The fraction of sp³-hybridized carbons (Fsp3) is 0.0667. The van der Waals surface area contributed by atoms with E-state index in [2.05, 4.69) is 20.3 Å². The molecule has 4 rings (SSSR count). The Morgan fingerprint density at radius 1 is 1.32 bits per heavy atom. The second kappa shape index (κ2) is 5.19. The second-order valence-corrected chi connectivity index (χ2v) is 5.66. The molecule has 0 bridgehead atoms. The minimum atomic E-state index is -0.139. The molecule has 0 atom stereocenters. The zero-order valence-corrected chi connectivity index (χ0v) is 12.2. The molecular formula is C15H11N5OS. The van der Waals surface area contributed by atoms with E-state index >= 15 is 0 Å². The lowest BCUT2D eigenvalue weighted by molar-refractivity contribution is 0.0950. The lowest BCUT2D eigenvalue weighted by Gasteiger charge is -2.03. The molecule has 3 heterocycles. The standard InChI is InChI=1S/C15H11N5OS/c21-14(10-2-3-13-12(6-10)18-9-22-13)17-7-11-8-20-5-1-4-16-15(20)19-11/h1-6,8-9H,7H2,(H,17,21). The van der Waals surface area contributed by atoms with Gasteiger partial charge >= 0.3 is 0 Å². The van der Waals surface area contributed by atoms with Crippen LogP contribution in [0.1, 0.15) is 16.1 Å². The lowest BCUT2D eigenvalue weighted by Crippen LogP contribution is -2.22. The minimum Gasteiger partial charge on any atom is -0.346 e. The third kappa shape index (κ3) is 2.31. The predicted octanol–water partition coefficient (Wildman–Crippen LogP) is 2.27. The van der Waals surface area contributed by atoms with E-state index in [1.807, 2.05) is 28.9 Å². The highest BCUT2D eigenvalue weighted by atomic mass is 32.1. The number of carbonyl (C=O) groups is 1. The van der Waals surface area contributed by atoms with Gasteiger partial charge in [-0.15, -0.1) is 11.3 Å². The van der Waals surface area contributed by atoms with E-state index in [1.165, 1.54) is 0 Å². The molecule has 0 radical (unpaired) electrons. The molecule has 0 fully saturated rings. The molecule has 0 aliphatic heterocycles. The maximum absolute atomic E-state index is 12.2. The Hall–Kier alpha value is -2.80. The average molecular weight is 309 g/mol. The van der Waals surface area contributed by atoms with Crippen molar-refractivity contribution in [2.24, 2.45) is 0 Å². The maximum Gasteiger partial charge on any atom is 0.251 e. The van der Waals surface area contributed by atoms with Crippen molar-refractivity contribution in [2.45, 2.75) is 6.54 Å². The summed E-state index contributed by atoms with van der Waals surface area (Å²) in [6.45, 7) is 0.358. The topological polar surface area (TPSA) is 72.2 Å². The number of imidazole rings is 1. The van der Waals surface area contributed by atoms with Crippen molar-refractivity contribution in [3.05, 3.63) is 59.6 Å². The summed E-state index contributed by atoms with van der Waals surface area (Å²) >= 11 is 1.56. The molecular weight excluding hydrogens is 298 g/mol. The van der Waals surface area contributed by atoms with Crippen molar-refractivity contribution in [1.29, 1.82) is 0 Å². The Labute approximate surface area is 129 Å². The molecule has 1 aromatic carbocycles. The first-order chi connectivity index (χ1) is 10.8. The minimum absolute atomic E-state index is 0.139. The van der Waals surface area contributed by atoms with Crippen LogP contribution in [-0.4, -0.2) is 25.3 Å². The van der Waals surface area contributed by atoms with Crippen molar-refractivity contribution >= 4 is 33.2 Å². The summed E-state index contributed by atoms with van der Waals surface area (Å²) in [7, 11) is 0. The van der Waals surface area contributed by atoms with E-state index in [9.17, 15) is 4.79 Å². The van der Waals surface area contributed by atoms with Gasteiger partial charge in [0, 0.05) is 24.2 Å². The van der Waals surface area contributed by atoms with Gasteiger partial charge in [-0.25, -0.2) is 15.0 Å². The Bertz CT molecular complexity index is 941. The van der Waals surface area contributed by atoms with Gasteiger partial charge in [-0.2, -0.15) is 0 Å². The summed E-state index contributed by atoms with van der Waals surface area (Å²) in [6, 6.07) is 7.35. The quantitative estimate of drug-likeness (QED) is 0.630. The van der Waals surface area contributed by atoms with Gasteiger partial charge in [0.2, 0.25) is 5.78 Å². The molecule has 0 spiro atoms. The van der Waals surface area contributed by atoms with Gasteiger partial charge in [0.05, 0.1) is 28.0 Å². The van der Waals surface area contributed by atoms with Crippen LogP contribution < -0.4 is 5.32 Å². The van der Waals surface area contributed by atoms with E-state index in [4.69, 9.17) is 0 Å². The molecule has 3 aromatic heterocycles. The summed E-state index contributed by atoms with van der Waals surface area (Å²) in [4.78, 5) is 24.9. The fourth-order valence-electron chi connectivity index (χ4n) is 2.24. The van der Waals surface area contributed by atoms with Crippen molar-refractivity contribution < 1.29 is 4.79 Å². The molecule has 108 valence electrons. The van der Waals surface area contributed by atoms with Crippen molar-refractivity contribution in [3.63, 3.8) is 0 Å². The van der Waals surface area contributed by atoms with Gasteiger partial charge in [0.15, 0.2) is 0 Å². The number of amides is 1. The number of aromatic nitrogens is 4. The van der Waals surface area contributed by atoms with E-state index in [0.717, 1.165) is 15.9 Å². The van der Waals surface area contributed by atoms with Gasteiger partial charge in [-0.1, -0.05) is 0 Å². The van der Waals surface area contributed by atoms with Gasteiger partial charge in [-0.05, 0) is 24.3 Å². The van der Waals surface area contributed by atoms with Crippen molar-refractivity contribution in [1.82, 2.24) is 24.7 Å². The van der Waals surface area contributed by atoms with Crippen LogP contribution in [0.2, 0.25) is 0 Å². The molecule has 22 heavy (non-hydrogen) atoms. The van der Waals surface area contributed by atoms with Crippen LogP contribution in [0.5, 0.6) is 0 Å². The third-order valence-electron chi connectivity index (χ3n) is 3.31. The average Bonchev–Trinajstić information content (AvgIpc) is 3.17. The highest BCUT2D eigenvalue weighted by molar-refractivity contribution is 7.16. The van der Waals surface area contributed by atoms with E-state index in [-0.39, 0.29) is 5.91 Å². The fourth-order valence-corrected chi connectivity index (χ4v) is 2.90. The van der Waals surface area contributed by atoms with Gasteiger partial charge in [0.25, 0.3) is 5.91 Å². The number of benzene rings is 1. The van der Waals surface area contributed by atoms with Crippen LogP contribution >= 0.6 is 11.3 Å². The Balaban J connectivity index is 1.51. The molecule has 0 saturated heterocycles.